The summed E-state index contributed by atoms with van der Waals surface area (Å²) in [5, 5.41) is 9.73. The molecule has 0 unspecified atom stereocenters. The van der Waals surface area contributed by atoms with Gasteiger partial charge in [0.25, 0.3) is 0 Å². The minimum atomic E-state index is -0.936. The van der Waals surface area contributed by atoms with Crippen LogP contribution in [0.5, 0.6) is 0 Å². The van der Waals surface area contributed by atoms with Gasteiger partial charge >= 0.3 is 5.97 Å². The van der Waals surface area contributed by atoms with Crippen molar-refractivity contribution in [1.29, 1.82) is 0 Å². The Balaban J connectivity index is 2.56. The van der Waals surface area contributed by atoms with Gasteiger partial charge in [0.15, 0.2) is 0 Å². The molecule has 0 aliphatic carbocycles. The van der Waals surface area contributed by atoms with Crippen LogP contribution in [0.15, 0.2) is 24.3 Å². The number of aryl methyl sites for hydroxylation is 2. The van der Waals surface area contributed by atoms with E-state index in [1.54, 1.807) is 6.08 Å². The Morgan fingerprint density at radius 1 is 1.38 bits per heavy atom. The van der Waals surface area contributed by atoms with Crippen LogP contribution in [0.1, 0.15) is 16.8 Å². The summed E-state index contributed by atoms with van der Waals surface area (Å²) < 4.78 is 0. The molecule has 1 heterocycles. The Labute approximate surface area is 93.4 Å². The SMILES string of the molecule is Cc1ccc2[nH]c(/C=C/C(=O)O)c(C)c2c1. The third kappa shape index (κ3) is 1.84. The van der Waals surface area contributed by atoms with Gasteiger partial charge in [-0.05, 0) is 37.6 Å². The molecule has 1 aromatic carbocycles. The van der Waals surface area contributed by atoms with Crippen LogP contribution < -0.4 is 0 Å². The molecule has 2 N–H and O–H groups in total. The normalized spacial score (nSPS) is 11.4. The lowest BCUT2D eigenvalue weighted by atomic mass is 10.1. The van der Waals surface area contributed by atoms with Crippen LogP contribution >= 0.6 is 0 Å². The summed E-state index contributed by atoms with van der Waals surface area (Å²) in [5.41, 5.74) is 4.16. The van der Waals surface area contributed by atoms with Crippen LogP contribution in [-0.2, 0) is 4.79 Å². The fraction of sp³-hybridized carbons (Fsp3) is 0.154. The number of carboxylic acids is 1. The summed E-state index contributed by atoms with van der Waals surface area (Å²) in [5.74, 6) is -0.936. The van der Waals surface area contributed by atoms with E-state index in [2.05, 4.69) is 11.1 Å². The molecule has 0 bridgehead atoms. The number of fused-ring (bicyclic) bond motifs is 1. The minimum absolute atomic E-state index is 0.850. The molecule has 1 aromatic heterocycles. The summed E-state index contributed by atoms with van der Waals surface area (Å²) in [6.07, 6.45) is 2.73. The molecular formula is C13H13NO2. The smallest absolute Gasteiger partial charge is 0.328 e. The topological polar surface area (TPSA) is 53.1 Å². The molecule has 0 amide bonds. The molecule has 82 valence electrons. The standard InChI is InChI=1S/C13H13NO2/c1-8-3-4-12-10(7-8)9(2)11(14-12)5-6-13(15)16/h3-7,14H,1-2H3,(H,15,16)/b6-5+. The monoisotopic (exact) mass is 215 g/mol. The third-order valence-corrected chi connectivity index (χ3v) is 2.64. The number of carboxylic acid groups (broad SMARTS) is 1. The minimum Gasteiger partial charge on any atom is -0.478 e. The van der Waals surface area contributed by atoms with E-state index in [-0.39, 0.29) is 0 Å². The van der Waals surface area contributed by atoms with Crippen LogP contribution in [0.3, 0.4) is 0 Å². The molecule has 2 rings (SSSR count). The highest BCUT2D eigenvalue weighted by atomic mass is 16.4. The second-order valence-corrected chi connectivity index (χ2v) is 3.88. The first kappa shape index (κ1) is 10.5. The van der Waals surface area contributed by atoms with Gasteiger partial charge in [-0.25, -0.2) is 4.79 Å². The Hall–Kier alpha value is -2.03. The maximum Gasteiger partial charge on any atom is 0.328 e. The Morgan fingerprint density at radius 2 is 2.12 bits per heavy atom. The maximum absolute atomic E-state index is 10.5. The number of H-pyrrole nitrogens is 1. The van der Waals surface area contributed by atoms with Crippen LogP contribution in [-0.4, -0.2) is 16.1 Å². The van der Waals surface area contributed by atoms with E-state index in [0.29, 0.717) is 0 Å². The maximum atomic E-state index is 10.5. The molecule has 3 nitrogen and oxygen atoms in total. The Morgan fingerprint density at radius 3 is 2.81 bits per heavy atom. The number of nitrogens with one attached hydrogen (secondary N) is 1. The zero-order chi connectivity index (χ0) is 11.7. The average Bonchev–Trinajstić information content (AvgIpc) is 2.53. The summed E-state index contributed by atoms with van der Waals surface area (Å²) in [6, 6.07) is 6.14. The van der Waals surface area contributed by atoms with E-state index in [9.17, 15) is 4.79 Å². The van der Waals surface area contributed by atoms with Gasteiger partial charge < -0.3 is 10.1 Å². The fourth-order valence-corrected chi connectivity index (χ4v) is 1.78. The zero-order valence-corrected chi connectivity index (χ0v) is 9.24. The van der Waals surface area contributed by atoms with Crippen molar-refractivity contribution in [2.24, 2.45) is 0 Å². The van der Waals surface area contributed by atoms with E-state index < -0.39 is 5.97 Å². The van der Waals surface area contributed by atoms with Crippen LogP contribution in [0.2, 0.25) is 0 Å². The number of aromatic nitrogens is 1. The lowest BCUT2D eigenvalue weighted by Crippen LogP contribution is -1.86. The predicted octanol–water partition coefficient (Wildman–Crippen LogP) is 2.88. The first-order valence-corrected chi connectivity index (χ1v) is 5.08. The third-order valence-electron chi connectivity index (χ3n) is 2.64. The van der Waals surface area contributed by atoms with Crippen molar-refractivity contribution in [1.82, 2.24) is 4.98 Å². The molecule has 2 aromatic rings. The number of benzene rings is 1. The molecule has 0 atom stereocenters. The summed E-state index contributed by atoms with van der Waals surface area (Å²) in [7, 11) is 0. The van der Waals surface area contributed by atoms with Gasteiger partial charge in [-0.2, -0.15) is 0 Å². The van der Waals surface area contributed by atoms with Crippen molar-refractivity contribution in [2.75, 3.05) is 0 Å². The zero-order valence-electron chi connectivity index (χ0n) is 9.24. The fourth-order valence-electron chi connectivity index (χ4n) is 1.78. The van der Waals surface area contributed by atoms with Gasteiger partial charge in [-0.3, -0.25) is 0 Å². The number of hydrogen-bond donors (Lipinski definition) is 2. The molecule has 0 saturated carbocycles. The van der Waals surface area contributed by atoms with E-state index in [0.717, 1.165) is 28.2 Å². The van der Waals surface area contributed by atoms with Crippen molar-refractivity contribution >= 4 is 22.9 Å². The highest BCUT2D eigenvalue weighted by Crippen LogP contribution is 2.23. The molecule has 0 aliphatic heterocycles. The summed E-state index contributed by atoms with van der Waals surface area (Å²) in [6.45, 7) is 4.03. The second-order valence-electron chi connectivity index (χ2n) is 3.88. The van der Waals surface area contributed by atoms with Crippen molar-refractivity contribution < 1.29 is 9.90 Å². The van der Waals surface area contributed by atoms with E-state index in [4.69, 9.17) is 5.11 Å². The lowest BCUT2D eigenvalue weighted by molar-refractivity contribution is -0.131. The largest absolute Gasteiger partial charge is 0.478 e. The first-order valence-electron chi connectivity index (χ1n) is 5.08. The molecule has 0 aliphatic rings. The summed E-state index contributed by atoms with van der Waals surface area (Å²) in [4.78, 5) is 13.6. The van der Waals surface area contributed by atoms with Crippen molar-refractivity contribution in [3.63, 3.8) is 0 Å². The Kier molecular flexibility index (Phi) is 2.52. The quantitative estimate of drug-likeness (QED) is 0.757. The number of rotatable bonds is 2. The molecule has 0 radical (unpaired) electrons. The molecular weight excluding hydrogens is 202 g/mol. The van der Waals surface area contributed by atoms with Crippen molar-refractivity contribution in [2.45, 2.75) is 13.8 Å². The van der Waals surface area contributed by atoms with Crippen LogP contribution in [0.4, 0.5) is 0 Å². The van der Waals surface area contributed by atoms with Gasteiger partial charge in [0.2, 0.25) is 0 Å². The van der Waals surface area contributed by atoms with E-state index in [1.807, 2.05) is 26.0 Å². The highest BCUT2D eigenvalue weighted by molar-refractivity contribution is 5.90. The lowest BCUT2D eigenvalue weighted by Gasteiger charge is -1.93. The van der Waals surface area contributed by atoms with E-state index >= 15 is 0 Å². The van der Waals surface area contributed by atoms with Crippen molar-refractivity contribution in [3.8, 4) is 0 Å². The average molecular weight is 215 g/mol. The van der Waals surface area contributed by atoms with Crippen LogP contribution in [0, 0.1) is 13.8 Å². The molecule has 0 saturated heterocycles. The highest BCUT2D eigenvalue weighted by Gasteiger charge is 2.05. The van der Waals surface area contributed by atoms with Crippen molar-refractivity contribution in [3.05, 3.63) is 41.1 Å². The number of aliphatic carboxylic acids is 1. The first-order chi connectivity index (χ1) is 7.58. The number of hydrogen-bond acceptors (Lipinski definition) is 1. The van der Waals surface area contributed by atoms with Gasteiger partial charge in [-0.1, -0.05) is 11.6 Å². The second kappa shape index (κ2) is 3.85. The van der Waals surface area contributed by atoms with Gasteiger partial charge in [0, 0.05) is 22.7 Å². The van der Waals surface area contributed by atoms with Gasteiger partial charge in [0.1, 0.15) is 0 Å². The molecule has 0 fully saturated rings. The van der Waals surface area contributed by atoms with Crippen LogP contribution in [0.25, 0.3) is 17.0 Å². The van der Waals surface area contributed by atoms with E-state index in [1.165, 1.54) is 5.56 Å². The Bertz CT molecular complexity index is 579. The summed E-state index contributed by atoms with van der Waals surface area (Å²) >= 11 is 0. The number of aromatic amines is 1. The van der Waals surface area contributed by atoms with Gasteiger partial charge in [-0.15, -0.1) is 0 Å². The molecule has 16 heavy (non-hydrogen) atoms. The predicted molar refractivity (Wildman–Crippen MR) is 64.4 cm³/mol. The molecule has 0 spiro atoms. The van der Waals surface area contributed by atoms with Gasteiger partial charge in [0.05, 0.1) is 0 Å². The molecule has 3 heteroatoms. The number of carbonyl (C=O) groups is 1.